The molecule has 0 spiro atoms. The Balaban J connectivity index is 1.37. The van der Waals surface area contributed by atoms with Crippen molar-refractivity contribution < 1.29 is 19.1 Å². The lowest BCUT2D eigenvalue weighted by Gasteiger charge is -2.36. The molecular weight excluding hydrogens is 488 g/mol. The van der Waals surface area contributed by atoms with E-state index in [9.17, 15) is 4.79 Å². The minimum absolute atomic E-state index is 0.0768. The monoisotopic (exact) mass is 522 g/mol. The van der Waals surface area contributed by atoms with Gasteiger partial charge in [0.1, 0.15) is 11.4 Å². The first-order chi connectivity index (χ1) is 19.0. The smallest absolute Gasteiger partial charge is 0.341 e. The summed E-state index contributed by atoms with van der Waals surface area (Å²) in [5, 5.41) is 9.13. The Kier molecular flexibility index (Phi) is 6.96. The Bertz CT molecular complexity index is 1410. The molecule has 6 heteroatoms. The fourth-order valence-electron chi connectivity index (χ4n) is 6.12. The number of carboxylic acid groups (broad SMARTS) is 1. The summed E-state index contributed by atoms with van der Waals surface area (Å²) in [7, 11) is 0. The Hall–Kier alpha value is -3.90. The van der Waals surface area contributed by atoms with Gasteiger partial charge in [-0.25, -0.2) is 9.78 Å². The number of rotatable bonds is 7. The molecule has 39 heavy (non-hydrogen) atoms. The molecule has 0 radical (unpaired) electrons. The predicted octanol–water partition coefficient (Wildman–Crippen LogP) is 7.30. The summed E-state index contributed by atoms with van der Waals surface area (Å²) in [4.78, 5) is 18.8. The van der Waals surface area contributed by atoms with E-state index in [1.54, 1.807) is 0 Å². The molecule has 2 aliphatic rings. The van der Waals surface area contributed by atoms with E-state index in [2.05, 4.69) is 73.3 Å². The molecular formula is C33H34N2O4. The van der Waals surface area contributed by atoms with E-state index in [4.69, 9.17) is 19.2 Å². The topological polar surface area (TPSA) is 75.8 Å². The van der Waals surface area contributed by atoms with Crippen molar-refractivity contribution in [2.24, 2.45) is 0 Å². The molecule has 0 amide bonds. The molecule has 6 rings (SSSR count). The predicted molar refractivity (Wildman–Crippen MR) is 151 cm³/mol. The second-order valence-electron chi connectivity index (χ2n) is 10.8. The zero-order valence-electron chi connectivity index (χ0n) is 22.5. The molecule has 1 aliphatic carbocycles. The molecule has 1 saturated heterocycles. The van der Waals surface area contributed by atoms with Crippen molar-refractivity contribution in [1.29, 1.82) is 0 Å². The van der Waals surface area contributed by atoms with Gasteiger partial charge in [0, 0.05) is 17.2 Å². The summed E-state index contributed by atoms with van der Waals surface area (Å²) in [6.07, 6.45) is 5.04. The largest absolute Gasteiger partial charge is 0.482 e. The molecule has 2 heterocycles. The van der Waals surface area contributed by atoms with Crippen LogP contribution in [0.4, 0.5) is 0 Å². The van der Waals surface area contributed by atoms with Gasteiger partial charge < -0.3 is 14.3 Å². The number of aryl methyl sites for hydroxylation is 2. The Morgan fingerprint density at radius 1 is 0.949 bits per heavy atom. The highest BCUT2D eigenvalue weighted by Crippen LogP contribution is 2.46. The van der Waals surface area contributed by atoms with Gasteiger partial charge in [-0.3, -0.25) is 4.90 Å². The van der Waals surface area contributed by atoms with Crippen molar-refractivity contribution in [2.75, 3.05) is 13.2 Å². The van der Waals surface area contributed by atoms with Crippen molar-refractivity contribution >= 4 is 5.97 Å². The van der Waals surface area contributed by atoms with Crippen molar-refractivity contribution in [3.63, 3.8) is 0 Å². The third-order valence-electron chi connectivity index (χ3n) is 8.05. The van der Waals surface area contributed by atoms with Crippen LogP contribution in [-0.2, 0) is 11.2 Å². The Morgan fingerprint density at radius 3 is 2.36 bits per heavy atom. The molecule has 2 unspecified atom stereocenters. The van der Waals surface area contributed by atoms with Crippen LogP contribution in [0.3, 0.4) is 0 Å². The quantitative estimate of drug-likeness (QED) is 0.274. The second-order valence-corrected chi connectivity index (χ2v) is 10.8. The zero-order chi connectivity index (χ0) is 26.9. The third kappa shape index (κ3) is 5.09. The first-order valence-electron chi connectivity index (χ1n) is 13.8. The van der Waals surface area contributed by atoms with Gasteiger partial charge in [0.15, 0.2) is 12.4 Å². The van der Waals surface area contributed by atoms with Gasteiger partial charge in [0.2, 0.25) is 5.89 Å². The van der Waals surface area contributed by atoms with E-state index < -0.39 is 5.97 Å². The number of hydrogen-bond acceptors (Lipinski definition) is 5. The lowest BCUT2D eigenvalue weighted by Crippen LogP contribution is -2.31. The maximum absolute atomic E-state index is 11.1. The highest BCUT2D eigenvalue weighted by molar-refractivity contribution is 5.77. The number of nitrogens with zero attached hydrogens (tertiary/aromatic N) is 2. The molecule has 200 valence electrons. The summed E-state index contributed by atoms with van der Waals surface area (Å²) in [6, 6.07) is 23.3. The van der Waals surface area contributed by atoms with E-state index in [0.29, 0.717) is 5.75 Å². The standard InChI is InChI=1S/C33H34N2O4/c1-21-11-15-23(16-12-21)31-32(24-17-13-22(2)14-18-24)39-33(34-31)28-9-5-19-35(28)27-8-3-7-26-25(27)6-4-10-29(26)38-20-30(36)37/h4,6,10-18,27-28H,3,5,7-9,19-20H2,1-2H3,(H,36,37). The van der Waals surface area contributed by atoms with Crippen LogP contribution in [0.25, 0.3) is 22.6 Å². The number of benzene rings is 3. The summed E-state index contributed by atoms with van der Waals surface area (Å²) in [6.45, 7) is 4.83. The average Bonchev–Trinajstić information content (AvgIpc) is 3.60. The lowest BCUT2D eigenvalue weighted by molar-refractivity contribution is -0.139. The Morgan fingerprint density at radius 2 is 1.64 bits per heavy atom. The van der Waals surface area contributed by atoms with Crippen LogP contribution in [-0.4, -0.2) is 34.1 Å². The summed E-state index contributed by atoms with van der Waals surface area (Å²) in [5.74, 6) is 1.31. The summed E-state index contributed by atoms with van der Waals surface area (Å²) >= 11 is 0. The van der Waals surface area contributed by atoms with Crippen LogP contribution in [0.1, 0.15) is 65.9 Å². The second kappa shape index (κ2) is 10.7. The molecule has 1 aromatic heterocycles. The van der Waals surface area contributed by atoms with E-state index in [-0.39, 0.29) is 18.7 Å². The number of hydrogen-bond donors (Lipinski definition) is 1. The molecule has 0 saturated carbocycles. The lowest BCUT2D eigenvalue weighted by atomic mass is 9.86. The average molecular weight is 523 g/mol. The molecule has 4 aromatic rings. The van der Waals surface area contributed by atoms with E-state index >= 15 is 0 Å². The third-order valence-corrected chi connectivity index (χ3v) is 8.05. The van der Waals surface area contributed by atoms with Crippen molar-refractivity contribution in [2.45, 2.75) is 58.0 Å². The SMILES string of the molecule is Cc1ccc(-c2nc(C3CCCN3C3CCCc4c(OCC(=O)O)cccc43)oc2-c2ccc(C)cc2)cc1. The van der Waals surface area contributed by atoms with Gasteiger partial charge in [0.05, 0.1) is 6.04 Å². The highest BCUT2D eigenvalue weighted by atomic mass is 16.5. The summed E-state index contributed by atoms with van der Waals surface area (Å²) < 4.78 is 12.3. The molecule has 3 aromatic carbocycles. The number of aliphatic carboxylic acids is 1. The van der Waals surface area contributed by atoms with E-state index in [1.807, 2.05) is 12.1 Å². The van der Waals surface area contributed by atoms with Crippen LogP contribution < -0.4 is 4.74 Å². The van der Waals surface area contributed by atoms with Crippen LogP contribution in [0.2, 0.25) is 0 Å². The number of ether oxygens (including phenoxy) is 1. The maximum Gasteiger partial charge on any atom is 0.341 e. The first-order valence-corrected chi connectivity index (χ1v) is 13.8. The molecule has 1 N–H and O–H groups in total. The molecule has 6 nitrogen and oxygen atoms in total. The normalized spacial score (nSPS) is 19.1. The van der Waals surface area contributed by atoms with Gasteiger partial charge in [-0.15, -0.1) is 0 Å². The minimum atomic E-state index is -0.961. The van der Waals surface area contributed by atoms with Crippen LogP contribution >= 0.6 is 0 Å². The minimum Gasteiger partial charge on any atom is -0.482 e. The van der Waals surface area contributed by atoms with E-state index in [0.717, 1.165) is 72.7 Å². The van der Waals surface area contributed by atoms with Gasteiger partial charge in [-0.2, -0.15) is 0 Å². The molecule has 0 bridgehead atoms. The van der Waals surface area contributed by atoms with Crippen LogP contribution in [0.15, 0.2) is 71.1 Å². The fraction of sp³-hybridized carbons (Fsp3) is 0.333. The number of fused-ring (bicyclic) bond motifs is 1. The van der Waals surface area contributed by atoms with Gasteiger partial charge in [-0.1, -0.05) is 71.8 Å². The molecule has 2 atom stereocenters. The van der Waals surface area contributed by atoms with Crippen molar-refractivity contribution in [1.82, 2.24) is 9.88 Å². The van der Waals surface area contributed by atoms with Crippen LogP contribution in [0, 0.1) is 13.8 Å². The number of likely N-dealkylation sites (tertiary alicyclic amines) is 1. The maximum atomic E-state index is 11.1. The number of oxazole rings is 1. The fourth-order valence-corrected chi connectivity index (χ4v) is 6.12. The highest BCUT2D eigenvalue weighted by Gasteiger charge is 2.38. The number of aromatic nitrogens is 1. The van der Waals surface area contributed by atoms with Crippen LogP contribution in [0.5, 0.6) is 5.75 Å². The zero-order valence-corrected chi connectivity index (χ0v) is 22.5. The van der Waals surface area contributed by atoms with E-state index in [1.165, 1.54) is 16.7 Å². The first kappa shape index (κ1) is 25.4. The van der Waals surface area contributed by atoms with Gasteiger partial charge in [0.25, 0.3) is 0 Å². The van der Waals surface area contributed by atoms with Gasteiger partial charge in [-0.05, 0) is 69.7 Å². The number of carbonyl (C=O) groups is 1. The molecule has 1 fully saturated rings. The summed E-state index contributed by atoms with van der Waals surface area (Å²) in [5.41, 5.74) is 7.76. The van der Waals surface area contributed by atoms with Crippen molar-refractivity contribution in [3.05, 3.63) is 94.9 Å². The van der Waals surface area contributed by atoms with Crippen molar-refractivity contribution in [3.8, 4) is 28.3 Å². The number of carboxylic acids is 1. The molecule has 1 aliphatic heterocycles. The van der Waals surface area contributed by atoms with Gasteiger partial charge >= 0.3 is 5.97 Å². The Labute approximate surface area is 229 Å².